The van der Waals surface area contributed by atoms with Crippen molar-refractivity contribution in [3.63, 3.8) is 0 Å². The van der Waals surface area contributed by atoms with Gasteiger partial charge in [0.15, 0.2) is 0 Å². The monoisotopic (exact) mass is 312 g/mol. The third-order valence-corrected chi connectivity index (χ3v) is 5.02. The zero-order valence-corrected chi connectivity index (χ0v) is 13.1. The van der Waals surface area contributed by atoms with Crippen molar-refractivity contribution in [2.24, 2.45) is 0 Å². The zero-order chi connectivity index (χ0) is 15.9. The molecule has 0 unspecified atom stereocenters. The number of hydrogen-bond acceptors (Lipinski definition) is 2. The molecule has 0 spiro atoms. The summed E-state index contributed by atoms with van der Waals surface area (Å²) in [7, 11) is 1.82. The van der Waals surface area contributed by atoms with Gasteiger partial charge in [0.2, 0.25) is 0 Å². The van der Waals surface area contributed by atoms with Gasteiger partial charge in [-0.2, -0.15) is 13.2 Å². The molecule has 0 bridgehead atoms. The molecule has 2 aliphatic rings. The van der Waals surface area contributed by atoms with Gasteiger partial charge in [0, 0.05) is 25.6 Å². The highest BCUT2D eigenvalue weighted by molar-refractivity contribution is 5.68. The van der Waals surface area contributed by atoms with Gasteiger partial charge < -0.3 is 10.2 Å². The summed E-state index contributed by atoms with van der Waals surface area (Å²) in [5.74, 6) is 0.177. The first-order chi connectivity index (χ1) is 10.4. The molecule has 122 valence electrons. The fraction of sp³-hybridized carbons (Fsp3) is 0.647. The lowest BCUT2D eigenvalue weighted by Crippen LogP contribution is -2.42. The van der Waals surface area contributed by atoms with E-state index in [2.05, 4.69) is 12.2 Å². The van der Waals surface area contributed by atoms with E-state index in [1.807, 2.05) is 18.0 Å². The fourth-order valence-corrected chi connectivity index (χ4v) is 3.93. The summed E-state index contributed by atoms with van der Waals surface area (Å²) >= 11 is 0. The van der Waals surface area contributed by atoms with Crippen LogP contribution in [0.2, 0.25) is 0 Å². The third kappa shape index (κ3) is 2.60. The van der Waals surface area contributed by atoms with Gasteiger partial charge in [-0.05, 0) is 43.0 Å². The molecule has 1 N–H and O–H groups in total. The molecule has 22 heavy (non-hydrogen) atoms. The van der Waals surface area contributed by atoms with E-state index < -0.39 is 11.7 Å². The van der Waals surface area contributed by atoms with Crippen LogP contribution in [-0.2, 0) is 12.6 Å². The molecule has 0 radical (unpaired) electrons. The number of halogens is 3. The van der Waals surface area contributed by atoms with Crippen molar-refractivity contribution in [1.82, 2.24) is 5.32 Å². The summed E-state index contributed by atoms with van der Waals surface area (Å²) in [5, 5.41) is 3.33. The molecule has 2 aliphatic heterocycles. The van der Waals surface area contributed by atoms with Crippen LogP contribution in [-0.4, -0.2) is 26.2 Å². The van der Waals surface area contributed by atoms with E-state index in [1.54, 1.807) is 0 Å². The molecule has 0 amide bonds. The predicted molar refractivity (Wildman–Crippen MR) is 82.5 cm³/mol. The summed E-state index contributed by atoms with van der Waals surface area (Å²) in [6, 6.07) is 3.59. The Morgan fingerprint density at radius 1 is 1.32 bits per heavy atom. The average molecular weight is 312 g/mol. The molecule has 1 aromatic carbocycles. The van der Waals surface area contributed by atoms with Crippen molar-refractivity contribution in [2.45, 2.75) is 50.7 Å². The summed E-state index contributed by atoms with van der Waals surface area (Å²) < 4.78 is 40.7. The number of alkyl halides is 3. The Labute approximate surface area is 129 Å². The Kier molecular flexibility index (Phi) is 4.10. The number of benzene rings is 1. The van der Waals surface area contributed by atoms with E-state index in [-0.39, 0.29) is 12.0 Å². The van der Waals surface area contributed by atoms with Crippen LogP contribution < -0.4 is 10.2 Å². The van der Waals surface area contributed by atoms with Gasteiger partial charge in [-0.15, -0.1) is 0 Å². The van der Waals surface area contributed by atoms with Crippen molar-refractivity contribution in [2.75, 3.05) is 25.0 Å². The number of anilines is 1. The number of nitrogens with one attached hydrogen (secondary N) is 1. The first kappa shape index (κ1) is 15.7. The normalized spacial score (nSPS) is 24.3. The zero-order valence-electron chi connectivity index (χ0n) is 13.1. The van der Waals surface area contributed by atoms with Gasteiger partial charge in [-0.25, -0.2) is 0 Å². The Balaban J connectivity index is 2.09. The molecule has 0 saturated carbocycles. The number of nitrogens with zero attached hydrogens (tertiary/aromatic N) is 1. The maximum Gasteiger partial charge on any atom is 0.418 e. The molecular formula is C17H23F3N2. The van der Waals surface area contributed by atoms with Crippen molar-refractivity contribution >= 4 is 5.69 Å². The number of hydrogen-bond donors (Lipinski definition) is 1. The number of rotatable bonds is 3. The number of likely N-dealkylation sites (N-methyl/N-ethyl adjacent to an activating group) is 1. The van der Waals surface area contributed by atoms with Gasteiger partial charge in [-0.1, -0.05) is 19.4 Å². The van der Waals surface area contributed by atoms with Crippen molar-refractivity contribution < 1.29 is 13.2 Å². The molecule has 2 atom stereocenters. The van der Waals surface area contributed by atoms with Gasteiger partial charge in [0.1, 0.15) is 0 Å². The Bertz CT molecular complexity index is 554. The summed E-state index contributed by atoms with van der Waals surface area (Å²) in [6.07, 6.45) is -0.746. The van der Waals surface area contributed by atoms with E-state index in [0.717, 1.165) is 49.9 Å². The topological polar surface area (TPSA) is 15.3 Å². The molecule has 2 nitrogen and oxygen atoms in total. The number of piperidine rings is 1. The highest BCUT2D eigenvalue weighted by Crippen LogP contribution is 2.49. The van der Waals surface area contributed by atoms with Crippen LogP contribution in [0.25, 0.3) is 0 Å². The second kappa shape index (κ2) is 5.76. The molecule has 5 heteroatoms. The van der Waals surface area contributed by atoms with Crippen molar-refractivity contribution in [1.29, 1.82) is 0 Å². The van der Waals surface area contributed by atoms with E-state index in [0.29, 0.717) is 5.69 Å². The third-order valence-electron chi connectivity index (χ3n) is 5.02. The molecule has 0 aromatic heterocycles. The minimum atomic E-state index is -4.29. The van der Waals surface area contributed by atoms with E-state index in [1.165, 1.54) is 6.07 Å². The molecule has 1 fully saturated rings. The standard InChI is InChI=1S/C17H23F3N2/c1-3-4-5-11-8-12-13-10-21-7-6-15(13)22(2)16(12)14(9-11)17(18,19)20/h8-9,13,15,21H,3-7,10H2,1-2H3/t13-,15-/m1/s1. The fourth-order valence-electron chi connectivity index (χ4n) is 3.93. The minimum absolute atomic E-state index is 0.177. The van der Waals surface area contributed by atoms with Crippen LogP contribution in [0.4, 0.5) is 18.9 Å². The Morgan fingerprint density at radius 2 is 2.09 bits per heavy atom. The number of fused-ring (bicyclic) bond motifs is 3. The lowest BCUT2D eigenvalue weighted by molar-refractivity contribution is -0.137. The summed E-state index contributed by atoms with van der Waals surface area (Å²) in [6.45, 7) is 3.72. The number of unbranched alkanes of at least 4 members (excludes halogenated alkanes) is 1. The van der Waals surface area contributed by atoms with Gasteiger partial charge in [0.05, 0.1) is 11.3 Å². The lowest BCUT2D eigenvalue weighted by Gasteiger charge is -2.31. The van der Waals surface area contributed by atoms with E-state index >= 15 is 0 Å². The highest BCUT2D eigenvalue weighted by Gasteiger charge is 2.44. The average Bonchev–Trinajstić information content (AvgIpc) is 2.77. The van der Waals surface area contributed by atoms with Gasteiger partial charge in [0.25, 0.3) is 0 Å². The van der Waals surface area contributed by atoms with Crippen LogP contribution in [0.15, 0.2) is 12.1 Å². The first-order valence-corrected chi connectivity index (χ1v) is 8.11. The first-order valence-electron chi connectivity index (χ1n) is 8.11. The van der Waals surface area contributed by atoms with Crippen LogP contribution in [0, 0.1) is 0 Å². The highest BCUT2D eigenvalue weighted by atomic mass is 19.4. The van der Waals surface area contributed by atoms with Crippen molar-refractivity contribution in [3.05, 3.63) is 28.8 Å². The van der Waals surface area contributed by atoms with E-state index in [9.17, 15) is 13.2 Å². The van der Waals surface area contributed by atoms with Crippen LogP contribution in [0.5, 0.6) is 0 Å². The van der Waals surface area contributed by atoms with Gasteiger partial charge in [-0.3, -0.25) is 0 Å². The van der Waals surface area contributed by atoms with Gasteiger partial charge >= 0.3 is 6.18 Å². The molecule has 1 saturated heterocycles. The van der Waals surface area contributed by atoms with Crippen LogP contribution in [0.1, 0.15) is 48.8 Å². The lowest BCUT2D eigenvalue weighted by atomic mass is 9.88. The maximum atomic E-state index is 13.6. The molecule has 1 aromatic rings. The largest absolute Gasteiger partial charge is 0.418 e. The second-order valence-corrected chi connectivity index (χ2v) is 6.46. The van der Waals surface area contributed by atoms with Crippen LogP contribution >= 0.6 is 0 Å². The molecule has 2 heterocycles. The van der Waals surface area contributed by atoms with Crippen LogP contribution in [0.3, 0.4) is 0 Å². The molecular weight excluding hydrogens is 289 g/mol. The number of aryl methyl sites for hydroxylation is 1. The molecule has 0 aliphatic carbocycles. The SMILES string of the molecule is CCCCc1cc2c(c(C(F)(F)F)c1)N(C)[C@@H]1CCNC[C@H]21. The smallest absolute Gasteiger partial charge is 0.370 e. The second-order valence-electron chi connectivity index (χ2n) is 6.46. The van der Waals surface area contributed by atoms with E-state index in [4.69, 9.17) is 0 Å². The quantitative estimate of drug-likeness (QED) is 0.909. The Morgan fingerprint density at radius 3 is 2.77 bits per heavy atom. The maximum absolute atomic E-state index is 13.6. The summed E-state index contributed by atoms with van der Waals surface area (Å²) in [4.78, 5) is 1.87. The predicted octanol–water partition coefficient (Wildman–Crippen LogP) is 3.94. The Hall–Kier alpha value is -1.23. The molecule has 3 rings (SSSR count). The van der Waals surface area contributed by atoms with Crippen molar-refractivity contribution in [3.8, 4) is 0 Å². The summed E-state index contributed by atoms with van der Waals surface area (Å²) in [5.41, 5.74) is 1.67. The minimum Gasteiger partial charge on any atom is -0.370 e.